The van der Waals surface area contributed by atoms with E-state index >= 15 is 0 Å². The molecule has 1 aliphatic rings. The van der Waals surface area contributed by atoms with Crippen molar-refractivity contribution in [2.24, 2.45) is 7.05 Å². The molecule has 0 saturated carbocycles. The summed E-state index contributed by atoms with van der Waals surface area (Å²) in [4.78, 5) is 15.0. The van der Waals surface area contributed by atoms with Crippen molar-refractivity contribution in [3.63, 3.8) is 0 Å². The number of hydrogen-bond donors (Lipinski definition) is 0. The summed E-state index contributed by atoms with van der Waals surface area (Å²) >= 11 is 6.74. The zero-order valence-corrected chi connectivity index (χ0v) is 15.2. The van der Waals surface area contributed by atoms with Gasteiger partial charge in [0.2, 0.25) is 0 Å². The number of ether oxygens (including phenoxy) is 1. The second kappa shape index (κ2) is 7.23. The molecule has 0 radical (unpaired) electrons. The van der Waals surface area contributed by atoms with E-state index in [9.17, 15) is 4.79 Å². The van der Waals surface area contributed by atoms with Crippen LogP contribution in [0.15, 0.2) is 47.5 Å². The van der Waals surface area contributed by atoms with Crippen LogP contribution in [0.2, 0.25) is 0 Å². The van der Waals surface area contributed by atoms with Crippen LogP contribution < -0.4 is 4.74 Å². The molecule has 0 unspecified atom stereocenters. The third-order valence-electron chi connectivity index (χ3n) is 3.92. The van der Waals surface area contributed by atoms with E-state index in [1.165, 1.54) is 11.8 Å². The molecule has 1 fully saturated rings. The van der Waals surface area contributed by atoms with E-state index in [0.29, 0.717) is 15.8 Å². The molecule has 0 aliphatic carbocycles. The van der Waals surface area contributed by atoms with Gasteiger partial charge in [0.25, 0.3) is 5.91 Å². The number of aryl methyl sites for hydroxylation is 1. The second-order valence-electron chi connectivity index (χ2n) is 5.48. The van der Waals surface area contributed by atoms with Crippen LogP contribution in [0.1, 0.15) is 11.3 Å². The van der Waals surface area contributed by atoms with Crippen molar-refractivity contribution in [3.05, 3.63) is 58.8 Å². The average molecular weight is 358 g/mol. The molecule has 0 N–H and O–H groups in total. The molecule has 0 bridgehead atoms. The van der Waals surface area contributed by atoms with Crippen molar-refractivity contribution in [1.29, 1.82) is 0 Å². The Morgan fingerprint density at radius 1 is 1.25 bits per heavy atom. The predicted octanol–water partition coefficient (Wildman–Crippen LogP) is 3.48. The number of benzene rings is 1. The topological polar surface area (TPSA) is 34.5 Å². The maximum Gasteiger partial charge on any atom is 0.266 e. The van der Waals surface area contributed by atoms with Gasteiger partial charge in [0.1, 0.15) is 10.1 Å². The molecular formula is C18H18N2O2S2. The van der Waals surface area contributed by atoms with Gasteiger partial charge in [0, 0.05) is 25.5 Å². The van der Waals surface area contributed by atoms with Gasteiger partial charge in [-0.3, -0.25) is 9.69 Å². The fourth-order valence-electron chi connectivity index (χ4n) is 2.48. The highest BCUT2D eigenvalue weighted by molar-refractivity contribution is 8.26. The molecular weight excluding hydrogens is 340 g/mol. The minimum Gasteiger partial charge on any atom is -0.497 e. The molecule has 1 aliphatic heterocycles. The largest absolute Gasteiger partial charge is 0.497 e. The van der Waals surface area contributed by atoms with Crippen LogP contribution in [0.4, 0.5) is 0 Å². The minimum absolute atomic E-state index is 0.0142. The van der Waals surface area contributed by atoms with Crippen LogP contribution in [0.25, 0.3) is 6.08 Å². The monoisotopic (exact) mass is 358 g/mol. The summed E-state index contributed by atoms with van der Waals surface area (Å²) in [5, 5.41) is 0. The first-order valence-electron chi connectivity index (χ1n) is 7.58. The van der Waals surface area contributed by atoms with Gasteiger partial charge in [-0.1, -0.05) is 36.1 Å². The molecule has 2 aromatic rings. The molecule has 124 valence electrons. The lowest BCUT2D eigenvalue weighted by molar-refractivity contribution is -0.122. The molecule has 0 spiro atoms. The zero-order valence-electron chi connectivity index (χ0n) is 13.6. The van der Waals surface area contributed by atoms with Crippen LogP contribution in [-0.4, -0.2) is 33.3 Å². The summed E-state index contributed by atoms with van der Waals surface area (Å²) in [6.07, 6.45) is 4.61. The van der Waals surface area contributed by atoms with Crippen molar-refractivity contribution < 1.29 is 9.53 Å². The number of aromatic nitrogens is 1. The Bertz CT molecular complexity index is 794. The number of thioether (sulfide) groups is 1. The highest BCUT2D eigenvalue weighted by Gasteiger charge is 2.31. The Balaban J connectivity index is 1.68. The normalized spacial score (nSPS) is 16.2. The minimum atomic E-state index is -0.0142. The molecule has 6 heteroatoms. The van der Waals surface area contributed by atoms with Crippen molar-refractivity contribution in [2.75, 3.05) is 13.7 Å². The van der Waals surface area contributed by atoms with Gasteiger partial charge in [0.15, 0.2) is 0 Å². The summed E-state index contributed by atoms with van der Waals surface area (Å²) in [5.41, 5.74) is 2.14. The first-order chi connectivity index (χ1) is 11.6. The van der Waals surface area contributed by atoms with Gasteiger partial charge in [-0.05, 0) is 42.3 Å². The quantitative estimate of drug-likeness (QED) is 0.605. The predicted molar refractivity (Wildman–Crippen MR) is 102 cm³/mol. The first-order valence-corrected chi connectivity index (χ1v) is 8.80. The summed E-state index contributed by atoms with van der Waals surface area (Å²) in [7, 11) is 3.60. The molecule has 1 aromatic carbocycles. The number of hydrogen-bond acceptors (Lipinski definition) is 4. The van der Waals surface area contributed by atoms with Crippen LogP contribution in [0.5, 0.6) is 5.75 Å². The molecule has 4 nitrogen and oxygen atoms in total. The Kier molecular flexibility index (Phi) is 5.06. The van der Waals surface area contributed by atoms with Gasteiger partial charge < -0.3 is 9.30 Å². The van der Waals surface area contributed by atoms with Crippen molar-refractivity contribution in [3.8, 4) is 5.75 Å². The SMILES string of the molecule is COc1ccc(CCN2C(=O)/C(=C\c3cccn3C)SC2=S)cc1. The molecule has 1 amide bonds. The number of rotatable bonds is 5. The Labute approximate surface area is 151 Å². The van der Waals surface area contributed by atoms with E-state index in [1.54, 1.807) is 12.0 Å². The summed E-state index contributed by atoms with van der Waals surface area (Å²) in [6.45, 7) is 0.585. The number of nitrogens with zero attached hydrogens (tertiary/aromatic N) is 2. The fraction of sp³-hybridized carbons (Fsp3) is 0.222. The smallest absolute Gasteiger partial charge is 0.266 e. The molecule has 24 heavy (non-hydrogen) atoms. The summed E-state index contributed by atoms with van der Waals surface area (Å²) < 4.78 is 7.75. The number of carbonyl (C=O) groups excluding carboxylic acids is 1. The van der Waals surface area contributed by atoms with Crippen molar-refractivity contribution in [1.82, 2.24) is 9.47 Å². The molecule has 2 heterocycles. The van der Waals surface area contributed by atoms with E-state index in [1.807, 2.05) is 60.3 Å². The molecule has 0 atom stereocenters. The highest BCUT2D eigenvalue weighted by atomic mass is 32.2. The molecule has 1 aromatic heterocycles. The van der Waals surface area contributed by atoms with Gasteiger partial charge in [-0.25, -0.2) is 0 Å². The van der Waals surface area contributed by atoms with Crippen LogP contribution >= 0.6 is 24.0 Å². The van der Waals surface area contributed by atoms with Crippen LogP contribution in [-0.2, 0) is 18.3 Å². The van der Waals surface area contributed by atoms with Gasteiger partial charge >= 0.3 is 0 Å². The lowest BCUT2D eigenvalue weighted by Gasteiger charge is -2.14. The van der Waals surface area contributed by atoms with Crippen LogP contribution in [0, 0.1) is 0 Å². The zero-order chi connectivity index (χ0) is 17.1. The fourth-order valence-corrected chi connectivity index (χ4v) is 3.78. The Morgan fingerprint density at radius 2 is 2.00 bits per heavy atom. The number of amides is 1. The van der Waals surface area contributed by atoms with E-state index < -0.39 is 0 Å². The van der Waals surface area contributed by atoms with Gasteiger partial charge in [0.05, 0.1) is 12.0 Å². The number of methoxy groups -OCH3 is 1. The standard InChI is InChI=1S/C18H18N2O2S2/c1-19-10-3-4-14(19)12-16-17(21)20(18(23)24-16)11-9-13-5-7-15(22-2)8-6-13/h3-8,10,12H,9,11H2,1-2H3/b16-12+. The van der Waals surface area contributed by atoms with Crippen LogP contribution in [0.3, 0.4) is 0 Å². The van der Waals surface area contributed by atoms with Crippen molar-refractivity contribution in [2.45, 2.75) is 6.42 Å². The average Bonchev–Trinajstić information content (AvgIpc) is 3.10. The Hall–Kier alpha value is -2.05. The lowest BCUT2D eigenvalue weighted by atomic mass is 10.1. The summed E-state index contributed by atoms with van der Waals surface area (Å²) in [6, 6.07) is 11.8. The molecule has 1 saturated heterocycles. The third kappa shape index (κ3) is 3.55. The lowest BCUT2D eigenvalue weighted by Crippen LogP contribution is -2.30. The maximum atomic E-state index is 12.6. The van der Waals surface area contributed by atoms with E-state index in [-0.39, 0.29) is 5.91 Å². The summed E-state index contributed by atoms with van der Waals surface area (Å²) in [5.74, 6) is 0.814. The third-order valence-corrected chi connectivity index (χ3v) is 5.30. The van der Waals surface area contributed by atoms with Crippen molar-refractivity contribution >= 4 is 40.3 Å². The Morgan fingerprint density at radius 3 is 2.62 bits per heavy atom. The van der Waals surface area contributed by atoms with E-state index in [0.717, 1.165) is 23.4 Å². The number of thiocarbonyl (C=S) groups is 1. The van der Waals surface area contributed by atoms with Gasteiger partial charge in [-0.2, -0.15) is 0 Å². The maximum absolute atomic E-state index is 12.6. The van der Waals surface area contributed by atoms with E-state index in [2.05, 4.69) is 0 Å². The van der Waals surface area contributed by atoms with E-state index in [4.69, 9.17) is 17.0 Å². The number of carbonyl (C=O) groups is 1. The molecule has 3 rings (SSSR count). The second-order valence-corrected chi connectivity index (χ2v) is 7.15. The van der Waals surface area contributed by atoms with Gasteiger partial charge in [-0.15, -0.1) is 0 Å². The first kappa shape index (κ1) is 16.8. The highest BCUT2D eigenvalue weighted by Crippen LogP contribution is 2.32.